The van der Waals surface area contributed by atoms with Crippen LogP contribution >= 0.6 is 34.3 Å². The van der Waals surface area contributed by atoms with Gasteiger partial charge in [-0.15, -0.1) is 22.7 Å². The molecule has 0 aromatic carbocycles. The summed E-state index contributed by atoms with van der Waals surface area (Å²) in [5.74, 6) is -0.806. The molecule has 2 heterocycles. The summed E-state index contributed by atoms with van der Waals surface area (Å²) >= 11 is 8.57. The van der Waals surface area contributed by atoms with Crippen molar-refractivity contribution in [1.29, 1.82) is 0 Å². The van der Waals surface area contributed by atoms with Gasteiger partial charge in [-0.3, -0.25) is 9.59 Å². The van der Waals surface area contributed by atoms with Crippen LogP contribution in [0.25, 0.3) is 9.75 Å². The molecule has 0 saturated carbocycles. The van der Waals surface area contributed by atoms with Crippen LogP contribution in [0, 0.1) is 0 Å². The Balaban J connectivity index is 2.45. The van der Waals surface area contributed by atoms with E-state index in [2.05, 4.69) is 5.32 Å². The Hall–Kier alpha value is -1.37. The Kier molecular flexibility index (Phi) is 3.70. The van der Waals surface area contributed by atoms with Crippen molar-refractivity contribution in [2.75, 3.05) is 5.32 Å². The van der Waals surface area contributed by atoms with Gasteiger partial charge in [0.25, 0.3) is 5.91 Å². The third-order valence-corrected chi connectivity index (χ3v) is 4.58. The fourth-order valence-corrected chi connectivity index (χ4v) is 3.63. The molecular weight excluding hydrogens is 292 g/mol. The van der Waals surface area contributed by atoms with Crippen LogP contribution in [-0.4, -0.2) is 11.8 Å². The lowest BCUT2D eigenvalue weighted by molar-refractivity contribution is -0.114. The highest BCUT2D eigenvalue weighted by molar-refractivity contribution is 7.26. The predicted molar refractivity (Wildman–Crippen MR) is 75.5 cm³/mol. The fourth-order valence-electron chi connectivity index (χ4n) is 1.39. The monoisotopic (exact) mass is 300 g/mol. The molecule has 3 N–H and O–H groups in total. The number of hydrogen-bond donors (Lipinski definition) is 2. The Labute approximate surface area is 116 Å². The van der Waals surface area contributed by atoms with Crippen molar-refractivity contribution in [3.8, 4) is 9.75 Å². The van der Waals surface area contributed by atoms with E-state index in [1.54, 1.807) is 12.1 Å². The van der Waals surface area contributed by atoms with Gasteiger partial charge in [-0.1, -0.05) is 11.6 Å². The topological polar surface area (TPSA) is 72.2 Å². The van der Waals surface area contributed by atoms with E-state index in [-0.39, 0.29) is 5.91 Å². The minimum absolute atomic E-state index is 0.241. The second-order valence-electron chi connectivity index (χ2n) is 3.50. The van der Waals surface area contributed by atoms with Gasteiger partial charge in [0.1, 0.15) is 5.00 Å². The van der Waals surface area contributed by atoms with Crippen LogP contribution in [-0.2, 0) is 4.79 Å². The highest BCUT2D eigenvalue weighted by Gasteiger charge is 2.16. The Morgan fingerprint density at radius 1 is 1.28 bits per heavy atom. The average molecular weight is 301 g/mol. The standard InChI is InChI=1S/C11H9ClN2O2S2/c1-5(15)14-11-6(10(13)16)4-8(18-11)7-2-3-9(12)17-7/h2-4H,1H3,(H2,13,16)(H,14,15). The summed E-state index contributed by atoms with van der Waals surface area (Å²) in [4.78, 5) is 24.2. The zero-order valence-corrected chi connectivity index (χ0v) is 11.7. The molecule has 2 aromatic rings. The first-order valence-corrected chi connectivity index (χ1v) is 6.95. The summed E-state index contributed by atoms with van der Waals surface area (Å²) in [5.41, 5.74) is 5.60. The van der Waals surface area contributed by atoms with Crippen LogP contribution in [0.3, 0.4) is 0 Å². The SMILES string of the molecule is CC(=O)Nc1sc(-c2ccc(Cl)s2)cc1C(N)=O. The molecule has 7 heteroatoms. The first kappa shape index (κ1) is 13.1. The van der Waals surface area contributed by atoms with Crippen LogP contribution in [0.2, 0.25) is 4.34 Å². The molecule has 0 aliphatic heterocycles. The lowest BCUT2D eigenvalue weighted by Gasteiger charge is -1.99. The Morgan fingerprint density at radius 2 is 2.00 bits per heavy atom. The quantitative estimate of drug-likeness (QED) is 0.913. The minimum Gasteiger partial charge on any atom is -0.366 e. The van der Waals surface area contributed by atoms with Gasteiger partial charge in [0.15, 0.2) is 0 Å². The van der Waals surface area contributed by atoms with E-state index >= 15 is 0 Å². The van der Waals surface area contributed by atoms with Crippen molar-refractivity contribution in [3.63, 3.8) is 0 Å². The molecule has 0 atom stereocenters. The number of amides is 2. The molecule has 2 amide bonds. The second kappa shape index (κ2) is 5.09. The number of nitrogens with two attached hydrogens (primary N) is 1. The van der Waals surface area contributed by atoms with Crippen LogP contribution < -0.4 is 11.1 Å². The third kappa shape index (κ3) is 2.72. The van der Waals surface area contributed by atoms with E-state index in [1.807, 2.05) is 6.07 Å². The van der Waals surface area contributed by atoms with Crippen LogP contribution in [0.15, 0.2) is 18.2 Å². The number of anilines is 1. The highest BCUT2D eigenvalue weighted by atomic mass is 35.5. The van der Waals surface area contributed by atoms with Crippen molar-refractivity contribution in [2.24, 2.45) is 5.73 Å². The van der Waals surface area contributed by atoms with E-state index in [9.17, 15) is 9.59 Å². The van der Waals surface area contributed by atoms with Gasteiger partial charge in [0, 0.05) is 16.7 Å². The first-order valence-electron chi connectivity index (χ1n) is 4.94. The Bertz CT molecular complexity index is 618. The maximum atomic E-state index is 11.3. The molecule has 0 spiro atoms. The number of halogens is 1. The third-order valence-electron chi connectivity index (χ3n) is 2.10. The molecule has 4 nitrogen and oxygen atoms in total. The zero-order chi connectivity index (χ0) is 13.3. The molecule has 0 aliphatic carbocycles. The maximum Gasteiger partial charge on any atom is 0.251 e. The molecule has 0 bridgehead atoms. The maximum absolute atomic E-state index is 11.3. The van der Waals surface area contributed by atoms with E-state index in [0.717, 1.165) is 9.75 Å². The minimum atomic E-state index is -0.566. The normalized spacial score (nSPS) is 10.3. The van der Waals surface area contributed by atoms with Gasteiger partial charge in [-0.05, 0) is 18.2 Å². The van der Waals surface area contributed by atoms with Gasteiger partial charge < -0.3 is 11.1 Å². The van der Waals surface area contributed by atoms with Crippen LogP contribution in [0.5, 0.6) is 0 Å². The van der Waals surface area contributed by atoms with Gasteiger partial charge in [-0.25, -0.2) is 0 Å². The number of carbonyl (C=O) groups is 2. The molecule has 94 valence electrons. The van der Waals surface area contributed by atoms with Gasteiger partial charge in [0.2, 0.25) is 5.91 Å². The molecular formula is C11H9ClN2O2S2. The molecule has 2 aromatic heterocycles. The number of primary amides is 1. The molecule has 0 radical (unpaired) electrons. The number of rotatable bonds is 3. The molecule has 0 unspecified atom stereocenters. The van der Waals surface area contributed by atoms with E-state index in [0.29, 0.717) is 14.9 Å². The van der Waals surface area contributed by atoms with E-state index in [4.69, 9.17) is 17.3 Å². The van der Waals surface area contributed by atoms with Crippen molar-refractivity contribution >= 4 is 51.1 Å². The largest absolute Gasteiger partial charge is 0.366 e. The zero-order valence-electron chi connectivity index (χ0n) is 9.32. The summed E-state index contributed by atoms with van der Waals surface area (Å²) in [7, 11) is 0. The molecule has 2 rings (SSSR count). The van der Waals surface area contributed by atoms with Crippen molar-refractivity contribution < 1.29 is 9.59 Å². The van der Waals surface area contributed by atoms with Crippen molar-refractivity contribution in [3.05, 3.63) is 28.1 Å². The summed E-state index contributed by atoms with van der Waals surface area (Å²) < 4.78 is 0.667. The summed E-state index contributed by atoms with van der Waals surface area (Å²) in [6.07, 6.45) is 0. The van der Waals surface area contributed by atoms with Crippen molar-refractivity contribution in [1.82, 2.24) is 0 Å². The van der Waals surface area contributed by atoms with E-state index < -0.39 is 5.91 Å². The summed E-state index contributed by atoms with van der Waals surface area (Å²) in [5, 5.41) is 3.07. The number of thiophene rings is 2. The number of hydrogen-bond acceptors (Lipinski definition) is 4. The first-order chi connectivity index (χ1) is 8.47. The second-order valence-corrected chi connectivity index (χ2v) is 6.27. The van der Waals surface area contributed by atoms with Crippen molar-refractivity contribution in [2.45, 2.75) is 6.92 Å². The predicted octanol–water partition coefficient (Wildman–Crippen LogP) is 3.19. The molecule has 0 fully saturated rings. The summed E-state index contributed by atoms with van der Waals surface area (Å²) in [6, 6.07) is 5.31. The fraction of sp³-hybridized carbons (Fsp3) is 0.0909. The average Bonchev–Trinajstić information content (AvgIpc) is 2.83. The van der Waals surface area contributed by atoms with Crippen LogP contribution in [0.1, 0.15) is 17.3 Å². The smallest absolute Gasteiger partial charge is 0.251 e. The highest BCUT2D eigenvalue weighted by Crippen LogP contribution is 2.39. The van der Waals surface area contributed by atoms with Crippen LogP contribution in [0.4, 0.5) is 5.00 Å². The lowest BCUT2D eigenvalue weighted by Crippen LogP contribution is -2.14. The van der Waals surface area contributed by atoms with E-state index in [1.165, 1.54) is 29.6 Å². The van der Waals surface area contributed by atoms with Gasteiger partial charge >= 0.3 is 0 Å². The Morgan fingerprint density at radius 3 is 2.50 bits per heavy atom. The van der Waals surface area contributed by atoms with Gasteiger partial charge in [-0.2, -0.15) is 0 Å². The van der Waals surface area contributed by atoms with Gasteiger partial charge in [0.05, 0.1) is 9.90 Å². The molecule has 0 aliphatic rings. The summed E-state index contributed by atoms with van der Waals surface area (Å²) in [6.45, 7) is 1.38. The lowest BCUT2D eigenvalue weighted by atomic mass is 10.2. The number of carbonyl (C=O) groups excluding carboxylic acids is 2. The molecule has 18 heavy (non-hydrogen) atoms. The number of nitrogens with one attached hydrogen (secondary N) is 1. The molecule has 0 saturated heterocycles.